The van der Waals surface area contributed by atoms with Gasteiger partial charge >= 0.3 is 0 Å². The van der Waals surface area contributed by atoms with Crippen molar-refractivity contribution in [1.82, 2.24) is 14.8 Å². The SMILES string of the molecule is Cn1cnnc1Sc1ccc(NC(=O)c2ccc(NC(=O)c3ccco3)s2)cc1. The number of hydrogen-bond donors (Lipinski definition) is 2. The van der Waals surface area contributed by atoms with Gasteiger partial charge in [0, 0.05) is 17.6 Å². The van der Waals surface area contributed by atoms with Gasteiger partial charge in [0.1, 0.15) is 6.33 Å². The molecule has 0 aliphatic rings. The summed E-state index contributed by atoms with van der Waals surface area (Å²) in [7, 11) is 1.88. The largest absolute Gasteiger partial charge is 0.459 e. The Labute approximate surface area is 174 Å². The Kier molecular flexibility index (Phi) is 5.45. The van der Waals surface area contributed by atoms with E-state index >= 15 is 0 Å². The number of furan rings is 1. The number of nitrogens with one attached hydrogen (secondary N) is 2. The molecule has 29 heavy (non-hydrogen) atoms. The van der Waals surface area contributed by atoms with E-state index < -0.39 is 0 Å². The van der Waals surface area contributed by atoms with Crippen molar-refractivity contribution in [3.8, 4) is 0 Å². The Morgan fingerprint density at radius 1 is 1.07 bits per heavy atom. The highest BCUT2D eigenvalue weighted by atomic mass is 32.2. The van der Waals surface area contributed by atoms with E-state index in [1.807, 2.05) is 35.9 Å². The van der Waals surface area contributed by atoms with Crippen LogP contribution in [0.3, 0.4) is 0 Å². The van der Waals surface area contributed by atoms with Crippen LogP contribution in [-0.2, 0) is 7.05 Å². The highest BCUT2D eigenvalue weighted by molar-refractivity contribution is 7.99. The van der Waals surface area contributed by atoms with Gasteiger partial charge in [0.05, 0.1) is 16.1 Å². The van der Waals surface area contributed by atoms with Crippen molar-refractivity contribution in [2.45, 2.75) is 10.1 Å². The van der Waals surface area contributed by atoms with Gasteiger partial charge in [-0.05, 0) is 60.3 Å². The third-order valence-corrected chi connectivity index (χ3v) is 5.86. The molecular weight excluding hydrogens is 410 g/mol. The maximum absolute atomic E-state index is 12.5. The molecule has 3 heterocycles. The van der Waals surface area contributed by atoms with E-state index in [9.17, 15) is 9.59 Å². The molecule has 8 nitrogen and oxygen atoms in total. The van der Waals surface area contributed by atoms with Crippen molar-refractivity contribution in [3.63, 3.8) is 0 Å². The summed E-state index contributed by atoms with van der Waals surface area (Å²) in [5.41, 5.74) is 0.673. The van der Waals surface area contributed by atoms with Crippen LogP contribution in [0.15, 0.2) is 75.6 Å². The first-order valence-electron chi connectivity index (χ1n) is 8.46. The lowest BCUT2D eigenvalue weighted by Gasteiger charge is -2.05. The minimum absolute atomic E-state index is 0.212. The number of rotatable bonds is 6. The maximum Gasteiger partial charge on any atom is 0.291 e. The second-order valence-electron chi connectivity index (χ2n) is 5.90. The second kappa shape index (κ2) is 8.33. The number of anilines is 2. The molecule has 0 saturated heterocycles. The molecule has 0 radical (unpaired) electrons. The fourth-order valence-corrected chi connectivity index (χ4v) is 3.94. The minimum Gasteiger partial charge on any atom is -0.459 e. The van der Waals surface area contributed by atoms with Crippen LogP contribution < -0.4 is 10.6 Å². The summed E-state index contributed by atoms with van der Waals surface area (Å²) >= 11 is 2.67. The number of thiophene rings is 1. The third-order valence-electron chi connectivity index (χ3n) is 3.80. The number of aromatic nitrogens is 3. The van der Waals surface area contributed by atoms with Gasteiger partial charge in [-0.25, -0.2) is 0 Å². The molecule has 0 aliphatic heterocycles. The number of amides is 2. The summed E-state index contributed by atoms with van der Waals surface area (Å²) in [4.78, 5) is 25.9. The number of hydrogen-bond acceptors (Lipinski definition) is 7. The first-order valence-corrected chi connectivity index (χ1v) is 10.1. The summed E-state index contributed by atoms with van der Waals surface area (Å²) in [6.45, 7) is 0. The Hall–Kier alpha value is -3.37. The number of nitrogens with zero attached hydrogens (tertiary/aromatic N) is 3. The van der Waals surface area contributed by atoms with Crippen molar-refractivity contribution in [2.75, 3.05) is 10.6 Å². The van der Waals surface area contributed by atoms with E-state index in [4.69, 9.17) is 4.42 Å². The molecule has 4 rings (SSSR count). The van der Waals surface area contributed by atoms with Gasteiger partial charge in [-0.2, -0.15) is 0 Å². The predicted molar refractivity (Wildman–Crippen MR) is 111 cm³/mol. The normalized spacial score (nSPS) is 10.7. The Morgan fingerprint density at radius 2 is 1.90 bits per heavy atom. The lowest BCUT2D eigenvalue weighted by Crippen LogP contribution is -2.10. The quantitative estimate of drug-likeness (QED) is 0.482. The van der Waals surface area contributed by atoms with Crippen LogP contribution >= 0.6 is 23.1 Å². The molecule has 0 unspecified atom stereocenters. The van der Waals surface area contributed by atoms with E-state index in [2.05, 4.69) is 20.8 Å². The molecule has 2 amide bonds. The minimum atomic E-state index is -0.361. The Bertz CT molecular complexity index is 1130. The summed E-state index contributed by atoms with van der Waals surface area (Å²) in [5.74, 6) is -0.398. The van der Waals surface area contributed by atoms with Crippen molar-refractivity contribution in [1.29, 1.82) is 0 Å². The number of carbonyl (C=O) groups excluding carboxylic acids is 2. The number of aryl methyl sites for hydroxylation is 1. The molecule has 0 bridgehead atoms. The molecular formula is C19H15N5O3S2. The van der Waals surface area contributed by atoms with Gasteiger partial charge in [-0.15, -0.1) is 21.5 Å². The fourth-order valence-electron chi connectivity index (χ4n) is 2.38. The standard InChI is InChI=1S/C19H15N5O3S2/c1-24-11-20-23-19(24)28-13-6-4-12(5-7-13)21-18(26)15-8-9-16(29-15)22-17(25)14-3-2-10-27-14/h2-11H,1H3,(H,21,26)(H,22,25). The van der Waals surface area contributed by atoms with E-state index in [1.54, 1.807) is 30.6 Å². The van der Waals surface area contributed by atoms with Crippen LogP contribution in [0.2, 0.25) is 0 Å². The van der Waals surface area contributed by atoms with E-state index in [-0.39, 0.29) is 17.6 Å². The van der Waals surface area contributed by atoms with Crippen LogP contribution in [0.1, 0.15) is 20.2 Å². The highest BCUT2D eigenvalue weighted by Crippen LogP contribution is 2.27. The molecule has 4 aromatic rings. The van der Waals surface area contributed by atoms with Crippen LogP contribution in [0, 0.1) is 0 Å². The maximum atomic E-state index is 12.5. The zero-order chi connectivity index (χ0) is 20.2. The van der Waals surface area contributed by atoms with Gasteiger partial charge in [-0.3, -0.25) is 9.59 Å². The topological polar surface area (TPSA) is 102 Å². The van der Waals surface area contributed by atoms with E-state index in [1.165, 1.54) is 29.4 Å². The molecule has 2 N–H and O–H groups in total. The first-order chi connectivity index (χ1) is 14.1. The van der Waals surface area contributed by atoms with Crippen LogP contribution in [0.5, 0.6) is 0 Å². The Morgan fingerprint density at radius 3 is 2.59 bits per heavy atom. The molecule has 0 saturated carbocycles. The van der Waals surface area contributed by atoms with Gasteiger partial charge in [0.15, 0.2) is 10.9 Å². The lowest BCUT2D eigenvalue weighted by molar-refractivity contribution is 0.0995. The van der Waals surface area contributed by atoms with Gasteiger partial charge in [-0.1, -0.05) is 0 Å². The average Bonchev–Trinajstić information content (AvgIpc) is 3.46. The zero-order valence-electron chi connectivity index (χ0n) is 15.2. The number of carbonyl (C=O) groups is 2. The third kappa shape index (κ3) is 4.55. The molecule has 0 atom stereocenters. The second-order valence-corrected chi connectivity index (χ2v) is 8.02. The average molecular weight is 425 g/mol. The summed E-state index contributed by atoms with van der Waals surface area (Å²) in [6.07, 6.45) is 3.07. The first kappa shape index (κ1) is 19.0. The zero-order valence-corrected chi connectivity index (χ0v) is 16.8. The van der Waals surface area contributed by atoms with Crippen LogP contribution in [-0.4, -0.2) is 26.6 Å². The number of benzene rings is 1. The monoisotopic (exact) mass is 425 g/mol. The predicted octanol–water partition coefficient (Wildman–Crippen LogP) is 4.13. The molecule has 3 aromatic heterocycles. The fraction of sp³-hybridized carbons (Fsp3) is 0.0526. The molecule has 10 heteroatoms. The van der Waals surface area contributed by atoms with Crippen LogP contribution in [0.25, 0.3) is 0 Å². The van der Waals surface area contributed by atoms with Crippen molar-refractivity contribution in [2.24, 2.45) is 7.05 Å². The van der Waals surface area contributed by atoms with Gasteiger partial charge < -0.3 is 19.6 Å². The van der Waals surface area contributed by atoms with Crippen molar-refractivity contribution < 1.29 is 14.0 Å². The molecule has 0 aliphatic carbocycles. The molecule has 1 aromatic carbocycles. The van der Waals surface area contributed by atoms with Gasteiger partial charge in [0.25, 0.3) is 11.8 Å². The van der Waals surface area contributed by atoms with Crippen molar-refractivity contribution in [3.05, 3.63) is 71.8 Å². The Balaban J connectivity index is 1.36. The van der Waals surface area contributed by atoms with Crippen molar-refractivity contribution >= 4 is 45.6 Å². The van der Waals surface area contributed by atoms with Gasteiger partial charge in [0.2, 0.25) is 0 Å². The lowest BCUT2D eigenvalue weighted by atomic mass is 10.3. The smallest absolute Gasteiger partial charge is 0.291 e. The molecule has 0 spiro atoms. The van der Waals surface area contributed by atoms with E-state index in [0.29, 0.717) is 15.6 Å². The summed E-state index contributed by atoms with van der Waals surface area (Å²) in [5, 5.41) is 14.8. The summed E-state index contributed by atoms with van der Waals surface area (Å²) < 4.78 is 6.89. The molecule has 146 valence electrons. The van der Waals surface area contributed by atoms with E-state index in [0.717, 1.165) is 10.1 Å². The molecule has 0 fully saturated rings. The summed E-state index contributed by atoms with van der Waals surface area (Å²) in [6, 6.07) is 14.0. The van der Waals surface area contributed by atoms with Crippen LogP contribution in [0.4, 0.5) is 10.7 Å². The highest BCUT2D eigenvalue weighted by Gasteiger charge is 2.14.